The molecule has 5 heteroatoms. The molecule has 5 nitrogen and oxygen atoms in total. The molecule has 0 unspecified atom stereocenters. The monoisotopic (exact) mass is 223 g/mol. The van der Waals surface area contributed by atoms with Gasteiger partial charge in [0.1, 0.15) is 5.75 Å². The summed E-state index contributed by atoms with van der Waals surface area (Å²) in [5, 5.41) is 8.67. The highest BCUT2D eigenvalue weighted by atomic mass is 16.5. The van der Waals surface area contributed by atoms with Crippen molar-refractivity contribution in [2.45, 2.75) is 0 Å². The maximum absolute atomic E-state index is 11.2. The van der Waals surface area contributed by atoms with Gasteiger partial charge in [0.2, 0.25) is 0 Å². The number of benzene rings is 1. The number of rotatable bonds is 4. The van der Waals surface area contributed by atoms with Gasteiger partial charge < -0.3 is 14.7 Å². The molecule has 0 bridgehead atoms. The molecule has 1 aromatic carbocycles. The van der Waals surface area contributed by atoms with Crippen molar-refractivity contribution in [3.05, 3.63) is 29.8 Å². The Labute approximate surface area is 93.2 Å². The third kappa shape index (κ3) is 3.27. The number of ether oxygens (including phenoxy) is 1. The van der Waals surface area contributed by atoms with E-state index in [1.807, 2.05) is 0 Å². The summed E-state index contributed by atoms with van der Waals surface area (Å²) in [5.41, 5.74) is 0.186. The number of carboxylic acids is 1. The van der Waals surface area contributed by atoms with Gasteiger partial charge in [-0.25, -0.2) is 4.79 Å². The molecule has 16 heavy (non-hydrogen) atoms. The zero-order valence-electron chi connectivity index (χ0n) is 9.14. The molecular weight excluding hydrogens is 210 g/mol. The lowest BCUT2D eigenvalue weighted by molar-refractivity contribution is -0.130. The van der Waals surface area contributed by atoms with Gasteiger partial charge in [-0.15, -0.1) is 0 Å². The smallest absolute Gasteiger partial charge is 0.335 e. The summed E-state index contributed by atoms with van der Waals surface area (Å²) in [6.45, 7) is -0.0561. The second-order valence-electron chi connectivity index (χ2n) is 3.41. The van der Waals surface area contributed by atoms with E-state index in [0.717, 1.165) is 0 Å². The Kier molecular flexibility index (Phi) is 3.88. The highest BCUT2D eigenvalue weighted by molar-refractivity contribution is 5.87. The van der Waals surface area contributed by atoms with Crippen LogP contribution in [-0.4, -0.2) is 42.6 Å². The summed E-state index contributed by atoms with van der Waals surface area (Å²) in [7, 11) is 3.28. The van der Waals surface area contributed by atoms with Crippen molar-refractivity contribution < 1.29 is 19.4 Å². The van der Waals surface area contributed by atoms with Crippen LogP contribution in [0.25, 0.3) is 0 Å². The number of hydrogen-bond donors (Lipinski definition) is 1. The zero-order valence-corrected chi connectivity index (χ0v) is 9.14. The number of likely N-dealkylation sites (N-methyl/N-ethyl adjacent to an activating group) is 1. The van der Waals surface area contributed by atoms with Crippen molar-refractivity contribution in [3.63, 3.8) is 0 Å². The Morgan fingerprint density at radius 3 is 2.25 bits per heavy atom. The molecule has 0 spiro atoms. The topological polar surface area (TPSA) is 66.8 Å². The number of aromatic carboxylic acids is 1. The minimum atomic E-state index is -0.990. The van der Waals surface area contributed by atoms with Crippen LogP contribution in [0.4, 0.5) is 0 Å². The van der Waals surface area contributed by atoms with E-state index in [4.69, 9.17) is 9.84 Å². The molecule has 0 aliphatic heterocycles. The molecule has 0 aliphatic carbocycles. The minimum Gasteiger partial charge on any atom is -0.484 e. The molecule has 86 valence electrons. The van der Waals surface area contributed by atoms with Gasteiger partial charge in [-0.3, -0.25) is 4.79 Å². The summed E-state index contributed by atoms with van der Waals surface area (Å²) in [6, 6.07) is 5.90. The Bertz CT molecular complexity index is 383. The lowest BCUT2D eigenvalue weighted by atomic mass is 10.2. The van der Waals surface area contributed by atoms with Crippen molar-refractivity contribution in [1.29, 1.82) is 0 Å². The van der Waals surface area contributed by atoms with Crippen LogP contribution in [0.5, 0.6) is 5.75 Å². The van der Waals surface area contributed by atoms with E-state index in [9.17, 15) is 9.59 Å². The van der Waals surface area contributed by atoms with Gasteiger partial charge in [0.15, 0.2) is 6.61 Å². The lowest BCUT2D eigenvalue weighted by Crippen LogP contribution is -2.27. The molecular formula is C11H13NO4. The van der Waals surface area contributed by atoms with Crippen LogP contribution < -0.4 is 4.74 Å². The van der Waals surface area contributed by atoms with Crippen LogP contribution in [0.3, 0.4) is 0 Å². The summed E-state index contributed by atoms with van der Waals surface area (Å²) < 4.78 is 5.18. The Hall–Kier alpha value is -2.04. The summed E-state index contributed by atoms with van der Waals surface area (Å²) in [5.74, 6) is -0.668. The average molecular weight is 223 g/mol. The first-order chi connectivity index (χ1) is 7.50. The SMILES string of the molecule is CN(C)C(=O)COc1ccc(C(=O)O)cc1. The van der Waals surface area contributed by atoms with E-state index < -0.39 is 5.97 Å². The lowest BCUT2D eigenvalue weighted by Gasteiger charge is -2.11. The van der Waals surface area contributed by atoms with Gasteiger partial charge in [-0.05, 0) is 24.3 Å². The fourth-order valence-corrected chi connectivity index (χ4v) is 0.968. The first-order valence-corrected chi connectivity index (χ1v) is 4.67. The van der Waals surface area contributed by atoms with Gasteiger partial charge in [-0.1, -0.05) is 0 Å². The fraction of sp³-hybridized carbons (Fsp3) is 0.273. The number of carboxylic acid groups (broad SMARTS) is 1. The molecule has 1 aromatic rings. The van der Waals surface area contributed by atoms with Crippen molar-refractivity contribution in [2.24, 2.45) is 0 Å². The first-order valence-electron chi connectivity index (χ1n) is 4.67. The van der Waals surface area contributed by atoms with E-state index in [0.29, 0.717) is 5.75 Å². The van der Waals surface area contributed by atoms with Crippen molar-refractivity contribution >= 4 is 11.9 Å². The highest BCUT2D eigenvalue weighted by Crippen LogP contribution is 2.12. The number of amides is 1. The van der Waals surface area contributed by atoms with Gasteiger partial charge in [-0.2, -0.15) is 0 Å². The van der Waals surface area contributed by atoms with E-state index >= 15 is 0 Å². The molecule has 1 rings (SSSR count). The summed E-state index contributed by atoms with van der Waals surface area (Å²) in [6.07, 6.45) is 0. The fourth-order valence-electron chi connectivity index (χ4n) is 0.968. The van der Waals surface area contributed by atoms with Crippen molar-refractivity contribution in [2.75, 3.05) is 20.7 Å². The number of carbonyl (C=O) groups excluding carboxylic acids is 1. The van der Waals surface area contributed by atoms with Gasteiger partial charge in [0.05, 0.1) is 5.56 Å². The molecule has 0 atom stereocenters. The molecule has 0 radical (unpaired) electrons. The maximum atomic E-state index is 11.2. The molecule has 1 N–H and O–H groups in total. The predicted octanol–water partition coefficient (Wildman–Crippen LogP) is 0.852. The quantitative estimate of drug-likeness (QED) is 0.821. The Balaban J connectivity index is 2.56. The molecule has 0 fully saturated rings. The number of nitrogens with zero attached hydrogens (tertiary/aromatic N) is 1. The highest BCUT2D eigenvalue weighted by Gasteiger charge is 2.06. The molecule has 0 aromatic heterocycles. The largest absolute Gasteiger partial charge is 0.484 e. The van der Waals surface area contributed by atoms with E-state index in [1.165, 1.54) is 29.2 Å². The molecule has 1 amide bonds. The Morgan fingerprint density at radius 1 is 1.25 bits per heavy atom. The van der Waals surface area contributed by atoms with Crippen LogP contribution >= 0.6 is 0 Å². The molecule has 0 aliphatic rings. The number of hydrogen-bond acceptors (Lipinski definition) is 3. The summed E-state index contributed by atoms with van der Waals surface area (Å²) >= 11 is 0. The number of carbonyl (C=O) groups is 2. The average Bonchev–Trinajstić information content (AvgIpc) is 2.26. The van der Waals surface area contributed by atoms with Gasteiger partial charge >= 0.3 is 5.97 Å². The van der Waals surface area contributed by atoms with E-state index in [-0.39, 0.29) is 18.1 Å². The van der Waals surface area contributed by atoms with Crippen molar-refractivity contribution in [1.82, 2.24) is 4.90 Å². The Morgan fingerprint density at radius 2 is 1.81 bits per heavy atom. The third-order valence-electron chi connectivity index (χ3n) is 1.96. The van der Waals surface area contributed by atoms with Gasteiger partial charge in [0.25, 0.3) is 5.91 Å². The third-order valence-corrected chi connectivity index (χ3v) is 1.96. The second kappa shape index (κ2) is 5.16. The van der Waals surface area contributed by atoms with E-state index in [1.54, 1.807) is 14.1 Å². The molecule has 0 saturated carbocycles. The van der Waals surface area contributed by atoms with Crippen LogP contribution in [0, 0.1) is 0 Å². The standard InChI is InChI=1S/C11H13NO4/c1-12(2)10(13)7-16-9-5-3-8(4-6-9)11(14)15/h3-6H,7H2,1-2H3,(H,14,15). The molecule has 0 saturated heterocycles. The second-order valence-corrected chi connectivity index (χ2v) is 3.41. The first kappa shape index (κ1) is 12.0. The normalized spacial score (nSPS) is 9.62. The zero-order chi connectivity index (χ0) is 12.1. The van der Waals surface area contributed by atoms with Gasteiger partial charge in [0, 0.05) is 14.1 Å². The van der Waals surface area contributed by atoms with Crippen LogP contribution in [0.2, 0.25) is 0 Å². The van der Waals surface area contributed by atoms with Crippen LogP contribution in [-0.2, 0) is 4.79 Å². The van der Waals surface area contributed by atoms with Crippen molar-refractivity contribution in [3.8, 4) is 5.75 Å². The molecule has 0 heterocycles. The maximum Gasteiger partial charge on any atom is 0.335 e. The van der Waals surface area contributed by atoms with Crippen LogP contribution in [0.15, 0.2) is 24.3 Å². The van der Waals surface area contributed by atoms with E-state index in [2.05, 4.69) is 0 Å². The predicted molar refractivity (Wildman–Crippen MR) is 57.6 cm³/mol. The van der Waals surface area contributed by atoms with Crippen LogP contribution in [0.1, 0.15) is 10.4 Å². The minimum absolute atomic E-state index is 0.0561. The summed E-state index contributed by atoms with van der Waals surface area (Å²) in [4.78, 5) is 23.2.